The summed E-state index contributed by atoms with van der Waals surface area (Å²) in [6.07, 6.45) is 0. The van der Waals surface area contributed by atoms with E-state index in [1.165, 1.54) is 19.2 Å². The van der Waals surface area contributed by atoms with Crippen molar-refractivity contribution in [3.63, 3.8) is 0 Å². The number of methoxy groups -OCH3 is 1. The number of ether oxygens (including phenoxy) is 1. The second-order valence-corrected chi connectivity index (χ2v) is 6.22. The SMILES string of the molecule is COCC(=O)N1C[C@@H](c2cc(=O)[nH]c(C)n2)[C@H](c2ccccc2F)C1. The summed E-state index contributed by atoms with van der Waals surface area (Å²) < 4.78 is 19.3. The fourth-order valence-electron chi connectivity index (χ4n) is 3.41. The Hall–Kier alpha value is -2.54. The number of hydrogen-bond donors (Lipinski definition) is 1. The highest BCUT2D eigenvalue weighted by atomic mass is 19.1. The molecule has 0 aliphatic carbocycles. The monoisotopic (exact) mass is 345 g/mol. The van der Waals surface area contributed by atoms with Crippen LogP contribution in [-0.2, 0) is 9.53 Å². The second kappa shape index (κ2) is 7.14. The molecule has 2 atom stereocenters. The summed E-state index contributed by atoms with van der Waals surface area (Å²) in [7, 11) is 1.46. The number of nitrogens with one attached hydrogen (secondary N) is 1. The Morgan fingerprint density at radius 3 is 2.76 bits per heavy atom. The van der Waals surface area contributed by atoms with Gasteiger partial charge in [-0.1, -0.05) is 18.2 Å². The van der Waals surface area contributed by atoms with Crippen molar-refractivity contribution < 1.29 is 13.9 Å². The first-order chi connectivity index (χ1) is 12.0. The number of hydrogen-bond acceptors (Lipinski definition) is 4. The van der Waals surface area contributed by atoms with Gasteiger partial charge >= 0.3 is 0 Å². The van der Waals surface area contributed by atoms with Crippen LogP contribution >= 0.6 is 0 Å². The van der Waals surface area contributed by atoms with E-state index in [9.17, 15) is 14.0 Å². The molecule has 0 unspecified atom stereocenters. The topological polar surface area (TPSA) is 75.3 Å². The van der Waals surface area contributed by atoms with Crippen LogP contribution in [-0.4, -0.2) is 47.6 Å². The maximum absolute atomic E-state index is 14.3. The number of aromatic amines is 1. The van der Waals surface area contributed by atoms with Gasteiger partial charge in [-0.2, -0.15) is 0 Å². The van der Waals surface area contributed by atoms with E-state index in [0.29, 0.717) is 30.2 Å². The van der Waals surface area contributed by atoms with Crippen molar-refractivity contribution in [1.29, 1.82) is 0 Å². The molecule has 1 aromatic heterocycles. The largest absolute Gasteiger partial charge is 0.375 e. The van der Waals surface area contributed by atoms with E-state index in [0.717, 1.165) is 0 Å². The van der Waals surface area contributed by atoms with Crippen molar-refractivity contribution in [2.45, 2.75) is 18.8 Å². The number of aromatic nitrogens is 2. The maximum atomic E-state index is 14.3. The first-order valence-electron chi connectivity index (χ1n) is 8.08. The lowest BCUT2D eigenvalue weighted by Crippen LogP contribution is -2.32. The number of amides is 1. The second-order valence-electron chi connectivity index (χ2n) is 6.22. The molecule has 2 heterocycles. The van der Waals surface area contributed by atoms with Gasteiger partial charge in [-0.3, -0.25) is 9.59 Å². The summed E-state index contributed by atoms with van der Waals surface area (Å²) in [5, 5.41) is 0. The molecule has 132 valence electrons. The molecule has 3 rings (SSSR count). The fourth-order valence-corrected chi connectivity index (χ4v) is 3.41. The Balaban J connectivity index is 2.01. The Bertz CT molecular complexity index is 836. The molecule has 1 N–H and O–H groups in total. The van der Waals surface area contributed by atoms with Crippen LogP contribution in [0.3, 0.4) is 0 Å². The van der Waals surface area contributed by atoms with Gasteiger partial charge in [-0.15, -0.1) is 0 Å². The van der Waals surface area contributed by atoms with Crippen molar-refractivity contribution in [2.24, 2.45) is 0 Å². The Kier molecular flexibility index (Phi) is 4.94. The molecular formula is C18H20FN3O3. The number of carbonyl (C=O) groups excluding carboxylic acids is 1. The highest BCUT2D eigenvalue weighted by molar-refractivity contribution is 5.78. The van der Waals surface area contributed by atoms with Gasteiger partial charge < -0.3 is 14.6 Å². The predicted octanol–water partition coefficient (Wildman–Crippen LogP) is 1.57. The molecule has 0 spiro atoms. The third kappa shape index (κ3) is 3.61. The molecule has 0 bridgehead atoms. The van der Waals surface area contributed by atoms with Gasteiger partial charge in [0.15, 0.2) is 0 Å². The molecule has 0 saturated carbocycles. The van der Waals surface area contributed by atoms with Crippen LogP contribution < -0.4 is 5.56 Å². The molecule has 1 fully saturated rings. The molecule has 6 nitrogen and oxygen atoms in total. The zero-order valence-electron chi connectivity index (χ0n) is 14.2. The summed E-state index contributed by atoms with van der Waals surface area (Å²) >= 11 is 0. The van der Waals surface area contributed by atoms with E-state index in [-0.39, 0.29) is 35.7 Å². The zero-order valence-corrected chi connectivity index (χ0v) is 14.2. The maximum Gasteiger partial charge on any atom is 0.251 e. The highest BCUT2D eigenvalue weighted by Gasteiger charge is 2.39. The zero-order chi connectivity index (χ0) is 18.0. The first kappa shape index (κ1) is 17.3. The fraction of sp³-hybridized carbons (Fsp3) is 0.389. The summed E-state index contributed by atoms with van der Waals surface area (Å²) in [5.74, 6) is -0.501. The van der Waals surface area contributed by atoms with Crippen molar-refractivity contribution in [1.82, 2.24) is 14.9 Å². The molecule has 7 heteroatoms. The number of benzene rings is 1. The van der Waals surface area contributed by atoms with Crippen molar-refractivity contribution >= 4 is 5.91 Å². The number of H-pyrrole nitrogens is 1. The van der Waals surface area contributed by atoms with Crippen molar-refractivity contribution in [3.8, 4) is 0 Å². The van der Waals surface area contributed by atoms with Crippen LogP contribution in [0.1, 0.15) is 28.9 Å². The standard InChI is InChI=1S/C18H20FN3O3/c1-11-20-16(7-17(23)21-11)14-9-22(18(24)10-25-2)8-13(14)12-5-3-4-6-15(12)19/h3-7,13-14H,8-10H2,1-2H3,(H,20,21,23)/t13-,14+/m0/s1. The smallest absolute Gasteiger partial charge is 0.251 e. The Labute approximate surface area is 144 Å². The minimum Gasteiger partial charge on any atom is -0.375 e. The lowest BCUT2D eigenvalue weighted by molar-refractivity contribution is -0.134. The van der Waals surface area contributed by atoms with Gasteiger partial charge in [0.1, 0.15) is 18.2 Å². The van der Waals surface area contributed by atoms with Crippen LogP contribution in [0.5, 0.6) is 0 Å². The quantitative estimate of drug-likeness (QED) is 0.913. The summed E-state index contributed by atoms with van der Waals surface area (Å²) in [4.78, 5) is 32.7. The van der Waals surface area contributed by atoms with Crippen LogP contribution in [0.15, 0.2) is 35.1 Å². The van der Waals surface area contributed by atoms with Gasteiger partial charge in [0.2, 0.25) is 5.91 Å². The van der Waals surface area contributed by atoms with Gasteiger partial charge in [0, 0.05) is 38.1 Å². The number of nitrogens with zero attached hydrogens (tertiary/aromatic N) is 2. The number of rotatable bonds is 4. The average Bonchev–Trinajstić information content (AvgIpc) is 3.00. The van der Waals surface area contributed by atoms with Gasteiger partial charge in [-0.25, -0.2) is 9.37 Å². The number of carbonyl (C=O) groups is 1. The molecule has 1 amide bonds. The van der Waals surface area contributed by atoms with Crippen LogP contribution in [0.2, 0.25) is 0 Å². The van der Waals surface area contributed by atoms with Crippen LogP contribution in [0.25, 0.3) is 0 Å². The molecule has 1 aliphatic rings. The third-order valence-corrected chi connectivity index (χ3v) is 4.50. The Morgan fingerprint density at radius 1 is 1.36 bits per heavy atom. The Morgan fingerprint density at radius 2 is 2.08 bits per heavy atom. The van der Waals surface area contributed by atoms with E-state index < -0.39 is 0 Å². The highest BCUT2D eigenvalue weighted by Crippen LogP contribution is 2.39. The van der Waals surface area contributed by atoms with E-state index in [4.69, 9.17) is 4.74 Å². The van der Waals surface area contributed by atoms with E-state index in [1.54, 1.807) is 30.0 Å². The summed E-state index contributed by atoms with van der Waals surface area (Å²) in [6, 6.07) is 7.95. The molecule has 1 aliphatic heterocycles. The number of halogens is 1. The van der Waals surface area contributed by atoms with Gasteiger partial charge in [0.25, 0.3) is 5.56 Å². The molecule has 2 aromatic rings. The van der Waals surface area contributed by atoms with E-state index in [1.807, 2.05) is 0 Å². The van der Waals surface area contributed by atoms with E-state index >= 15 is 0 Å². The third-order valence-electron chi connectivity index (χ3n) is 4.50. The number of aryl methyl sites for hydroxylation is 1. The summed E-state index contributed by atoms with van der Waals surface area (Å²) in [6.45, 7) is 2.41. The normalized spacial score (nSPS) is 20.0. The average molecular weight is 345 g/mol. The molecule has 1 aromatic carbocycles. The van der Waals surface area contributed by atoms with Crippen LogP contribution in [0, 0.1) is 12.7 Å². The molecule has 25 heavy (non-hydrogen) atoms. The van der Waals surface area contributed by atoms with Gasteiger partial charge in [-0.05, 0) is 18.6 Å². The van der Waals surface area contributed by atoms with Gasteiger partial charge in [0.05, 0.1) is 5.69 Å². The lowest BCUT2D eigenvalue weighted by atomic mass is 9.86. The van der Waals surface area contributed by atoms with Crippen molar-refractivity contribution in [2.75, 3.05) is 26.8 Å². The predicted molar refractivity (Wildman–Crippen MR) is 89.9 cm³/mol. The minimum atomic E-state index is -0.319. The minimum absolute atomic E-state index is 0.0292. The molecular weight excluding hydrogens is 325 g/mol. The number of likely N-dealkylation sites (tertiary alicyclic amines) is 1. The molecule has 1 saturated heterocycles. The first-order valence-corrected chi connectivity index (χ1v) is 8.08. The van der Waals surface area contributed by atoms with Crippen molar-refractivity contribution in [3.05, 3.63) is 63.6 Å². The lowest BCUT2D eigenvalue weighted by Gasteiger charge is -2.18. The summed E-state index contributed by atoms with van der Waals surface area (Å²) in [5.41, 5.74) is 0.846. The van der Waals surface area contributed by atoms with E-state index in [2.05, 4.69) is 9.97 Å². The molecule has 0 radical (unpaired) electrons. The van der Waals surface area contributed by atoms with Crippen LogP contribution in [0.4, 0.5) is 4.39 Å².